The molecule has 7 heteroatoms. The summed E-state index contributed by atoms with van der Waals surface area (Å²) < 4.78 is 5.90. The van der Waals surface area contributed by atoms with Crippen molar-refractivity contribution >= 4 is 33.2 Å². The summed E-state index contributed by atoms with van der Waals surface area (Å²) in [6.45, 7) is 3.56. The number of hydrogen-bond donors (Lipinski definition) is 0. The van der Waals surface area contributed by atoms with Crippen molar-refractivity contribution < 1.29 is 14.5 Å². The first-order valence-corrected chi connectivity index (χ1v) is 8.22. The highest BCUT2D eigenvalue weighted by molar-refractivity contribution is 9.10. The van der Waals surface area contributed by atoms with Gasteiger partial charge in [0.05, 0.1) is 27.2 Å². The molecule has 2 aromatic carbocycles. The van der Waals surface area contributed by atoms with Crippen LogP contribution < -0.4 is 9.64 Å². The molecular weight excluding hydrogens is 376 g/mol. The van der Waals surface area contributed by atoms with Gasteiger partial charge in [0.25, 0.3) is 11.6 Å². The molecule has 0 saturated heterocycles. The number of nitro benzene ring substituents is 1. The van der Waals surface area contributed by atoms with Gasteiger partial charge in [0.1, 0.15) is 0 Å². The second-order valence-electron chi connectivity index (χ2n) is 5.58. The summed E-state index contributed by atoms with van der Waals surface area (Å²) in [5, 5.41) is 11.1. The largest absolute Gasteiger partial charge is 0.478 e. The maximum absolute atomic E-state index is 12.7. The summed E-state index contributed by atoms with van der Waals surface area (Å²) >= 11 is 3.21. The monoisotopic (exact) mass is 390 g/mol. The lowest BCUT2D eigenvalue weighted by Gasteiger charge is -2.37. The van der Waals surface area contributed by atoms with Gasteiger partial charge in [-0.1, -0.05) is 30.3 Å². The third-order valence-corrected chi connectivity index (χ3v) is 4.68. The van der Waals surface area contributed by atoms with Crippen molar-refractivity contribution in [3.8, 4) is 5.75 Å². The van der Waals surface area contributed by atoms with Crippen molar-refractivity contribution in [1.82, 2.24) is 0 Å². The predicted octanol–water partition coefficient (Wildman–Crippen LogP) is 4.23. The van der Waals surface area contributed by atoms with Gasteiger partial charge in [0.15, 0.2) is 11.9 Å². The van der Waals surface area contributed by atoms with Crippen LogP contribution in [-0.2, 0) is 4.79 Å². The number of nitro groups is 1. The van der Waals surface area contributed by atoms with Gasteiger partial charge in [-0.05, 0) is 41.4 Å². The predicted molar refractivity (Wildman–Crippen MR) is 93.2 cm³/mol. The Hall–Kier alpha value is -2.41. The molecule has 1 amide bonds. The molecule has 0 saturated carbocycles. The van der Waals surface area contributed by atoms with Gasteiger partial charge in [0, 0.05) is 0 Å². The maximum Gasteiger partial charge on any atom is 0.287 e. The number of carbonyl (C=O) groups is 1. The number of nitrogens with zero attached hydrogens (tertiary/aromatic N) is 2. The van der Waals surface area contributed by atoms with Crippen LogP contribution in [0.25, 0.3) is 0 Å². The van der Waals surface area contributed by atoms with E-state index >= 15 is 0 Å². The van der Waals surface area contributed by atoms with E-state index in [0.29, 0.717) is 15.9 Å². The molecule has 0 radical (unpaired) electrons. The molecule has 0 aliphatic carbocycles. The van der Waals surface area contributed by atoms with E-state index in [1.165, 1.54) is 6.07 Å². The number of carbonyl (C=O) groups excluding carboxylic acids is 1. The van der Waals surface area contributed by atoms with Crippen molar-refractivity contribution in [3.05, 3.63) is 62.6 Å². The van der Waals surface area contributed by atoms with Crippen LogP contribution >= 0.6 is 15.9 Å². The summed E-state index contributed by atoms with van der Waals surface area (Å²) in [6.07, 6.45) is -0.704. The van der Waals surface area contributed by atoms with Gasteiger partial charge >= 0.3 is 0 Å². The molecule has 0 fully saturated rings. The Kier molecular flexibility index (Phi) is 4.28. The zero-order valence-corrected chi connectivity index (χ0v) is 14.7. The van der Waals surface area contributed by atoms with Crippen LogP contribution in [0.5, 0.6) is 5.75 Å². The van der Waals surface area contributed by atoms with Crippen molar-refractivity contribution in [1.29, 1.82) is 0 Å². The van der Waals surface area contributed by atoms with Crippen molar-refractivity contribution in [2.24, 2.45) is 0 Å². The minimum Gasteiger partial charge on any atom is -0.478 e. The Morgan fingerprint density at radius 2 is 1.96 bits per heavy atom. The molecule has 1 heterocycles. The number of rotatable bonds is 3. The third kappa shape index (κ3) is 2.75. The highest BCUT2D eigenvalue weighted by Crippen LogP contribution is 2.44. The minimum atomic E-state index is -0.704. The van der Waals surface area contributed by atoms with Crippen LogP contribution in [0.15, 0.2) is 46.9 Å². The number of amides is 1. The lowest BCUT2D eigenvalue weighted by atomic mass is 10.0. The fraction of sp³-hybridized carbons (Fsp3) is 0.235. The zero-order valence-electron chi connectivity index (χ0n) is 13.1. The molecule has 1 aliphatic rings. The quantitative estimate of drug-likeness (QED) is 0.580. The number of benzene rings is 2. The average molecular weight is 391 g/mol. The van der Waals surface area contributed by atoms with Crippen molar-refractivity contribution in [2.75, 3.05) is 4.90 Å². The van der Waals surface area contributed by atoms with Gasteiger partial charge in [-0.2, -0.15) is 0 Å². The van der Waals surface area contributed by atoms with Crippen molar-refractivity contribution in [2.45, 2.75) is 26.0 Å². The van der Waals surface area contributed by atoms with Gasteiger partial charge in [0.2, 0.25) is 0 Å². The fourth-order valence-electron chi connectivity index (χ4n) is 2.79. The maximum atomic E-state index is 12.7. The van der Waals surface area contributed by atoms with Crippen molar-refractivity contribution in [3.63, 3.8) is 0 Å². The van der Waals surface area contributed by atoms with Gasteiger partial charge in [-0.25, -0.2) is 0 Å². The van der Waals surface area contributed by atoms with E-state index in [1.807, 2.05) is 37.3 Å². The van der Waals surface area contributed by atoms with Gasteiger partial charge in [-0.3, -0.25) is 19.8 Å². The molecule has 0 spiro atoms. The van der Waals surface area contributed by atoms with Gasteiger partial charge in [-0.15, -0.1) is 0 Å². The van der Waals surface area contributed by atoms with E-state index in [9.17, 15) is 14.9 Å². The second-order valence-corrected chi connectivity index (χ2v) is 6.44. The van der Waals surface area contributed by atoms with E-state index < -0.39 is 11.0 Å². The van der Waals surface area contributed by atoms with Crippen LogP contribution in [0.2, 0.25) is 0 Å². The number of ether oxygens (including phenoxy) is 1. The van der Waals surface area contributed by atoms with Crippen LogP contribution in [0.4, 0.5) is 11.4 Å². The smallest absolute Gasteiger partial charge is 0.287 e. The van der Waals surface area contributed by atoms with Gasteiger partial charge < -0.3 is 4.74 Å². The molecule has 24 heavy (non-hydrogen) atoms. The summed E-state index contributed by atoms with van der Waals surface area (Å²) in [6, 6.07) is 12.3. The summed E-state index contributed by atoms with van der Waals surface area (Å²) in [5.41, 5.74) is 1.40. The lowest BCUT2D eigenvalue weighted by Crippen LogP contribution is -2.45. The Balaban J connectivity index is 2.12. The Morgan fingerprint density at radius 1 is 1.29 bits per heavy atom. The van der Waals surface area contributed by atoms with E-state index in [0.717, 1.165) is 5.56 Å². The molecule has 0 bridgehead atoms. The fourth-order valence-corrected chi connectivity index (χ4v) is 3.27. The molecule has 0 unspecified atom stereocenters. The lowest BCUT2D eigenvalue weighted by molar-refractivity contribution is -0.385. The highest BCUT2D eigenvalue weighted by atomic mass is 79.9. The van der Waals surface area contributed by atoms with Crippen LogP contribution in [0.1, 0.15) is 25.5 Å². The summed E-state index contributed by atoms with van der Waals surface area (Å²) in [5.74, 6) is 0.152. The average Bonchev–Trinajstić information content (AvgIpc) is 2.56. The first kappa shape index (κ1) is 16.4. The minimum absolute atomic E-state index is 0.0948. The zero-order chi connectivity index (χ0) is 17.4. The molecule has 6 nitrogen and oxygen atoms in total. The third-order valence-electron chi connectivity index (χ3n) is 4.04. The summed E-state index contributed by atoms with van der Waals surface area (Å²) in [4.78, 5) is 25.0. The van der Waals surface area contributed by atoms with E-state index in [1.54, 1.807) is 17.9 Å². The Bertz CT molecular complexity index is 810. The molecule has 124 valence electrons. The van der Waals surface area contributed by atoms with Crippen LogP contribution in [-0.4, -0.2) is 16.9 Å². The number of fused-ring (bicyclic) bond motifs is 1. The molecule has 1 aliphatic heterocycles. The second kappa shape index (κ2) is 6.24. The SMILES string of the molecule is C[C@H]1Oc2cc([N+](=O)[O-])c(Br)cc2N([C@@H](C)c2ccccc2)C1=O. The molecule has 2 atom stereocenters. The highest BCUT2D eigenvalue weighted by Gasteiger charge is 2.36. The number of anilines is 1. The normalized spacial score (nSPS) is 17.9. The number of hydrogen-bond acceptors (Lipinski definition) is 4. The van der Waals surface area contributed by atoms with E-state index in [-0.39, 0.29) is 17.6 Å². The first-order chi connectivity index (χ1) is 11.4. The first-order valence-electron chi connectivity index (χ1n) is 7.42. The Morgan fingerprint density at radius 3 is 2.58 bits per heavy atom. The summed E-state index contributed by atoms with van der Waals surface area (Å²) in [7, 11) is 0. The number of halogens is 1. The molecule has 2 aromatic rings. The standard InChI is InChI=1S/C17H15BrN2O4/c1-10(12-6-4-3-5-7-12)19-15-8-13(18)14(20(22)23)9-16(15)24-11(2)17(19)21/h3-11H,1-2H3/t10-,11+/m0/s1. The van der Waals surface area contributed by atoms with E-state index in [2.05, 4.69) is 15.9 Å². The molecular formula is C17H15BrN2O4. The van der Waals surface area contributed by atoms with Crippen LogP contribution in [0.3, 0.4) is 0 Å². The molecule has 0 N–H and O–H groups in total. The molecule has 3 rings (SSSR count). The Labute approximate surface area is 147 Å². The van der Waals surface area contributed by atoms with Crippen LogP contribution in [0, 0.1) is 10.1 Å². The molecule has 0 aromatic heterocycles. The van der Waals surface area contributed by atoms with E-state index in [4.69, 9.17) is 4.74 Å². The topological polar surface area (TPSA) is 72.7 Å².